The molecule has 0 radical (unpaired) electrons. The minimum absolute atomic E-state index is 0.288. The molecule has 2 unspecified atom stereocenters. The first kappa shape index (κ1) is 12.2. The van der Waals surface area contributed by atoms with Crippen LogP contribution in [0.15, 0.2) is 18.2 Å². The average Bonchev–Trinajstić information content (AvgIpc) is 2.96. The number of carbonyl (C=O) groups is 1. The van der Waals surface area contributed by atoms with Crippen molar-refractivity contribution >= 4 is 23.3 Å². The topological polar surface area (TPSA) is 49.3 Å². The lowest BCUT2D eigenvalue weighted by Crippen LogP contribution is -2.09. The molecule has 1 aliphatic carbocycles. The largest absolute Gasteiger partial charge is 0.478 e. The summed E-state index contributed by atoms with van der Waals surface area (Å²) in [5, 5.41) is 12.9. The predicted octanol–water partition coefficient (Wildman–Crippen LogP) is 3.64. The molecule has 0 bridgehead atoms. The maximum absolute atomic E-state index is 11.1. The molecule has 0 heterocycles. The van der Waals surface area contributed by atoms with Gasteiger partial charge in [0.2, 0.25) is 0 Å². The van der Waals surface area contributed by atoms with Gasteiger partial charge in [0.15, 0.2) is 0 Å². The second kappa shape index (κ2) is 4.96. The Balaban J connectivity index is 2.10. The van der Waals surface area contributed by atoms with Gasteiger partial charge in [-0.05, 0) is 37.0 Å². The monoisotopic (exact) mass is 253 g/mol. The molecule has 92 valence electrons. The van der Waals surface area contributed by atoms with Crippen molar-refractivity contribution in [3.63, 3.8) is 0 Å². The highest BCUT2D eigenvalue weighted by molar-refractivity contribution is 6.31. The Hall–Kier alpha value is -1.22. The van der Waals surface area contributed by atoms with Crippen LogP contribution in [0.1, 0.15) is 36.5 Å². The summed E-state index contributed by atoms with van der Waals surface area (Å²) in [7, 11) is 0. The molecule has 2 rings (SSSR count). The zero-order chi connectivity index (χ0) is 12.4. The third kappa shape index (κ3) is 2.91. The van der Waals surface area contributed by atoms with Gasteiger partial charge in [-0.3, -0.25) is 0 Å². The second-order valence-electron chi connectivity index (χ2n) is 4.53. The molecule has 0 saturated heterocycles. The number of aromatic carboxylic acids is 1. The molecule has 2 atom stereocenters. The number of rotatable bonds is 5. The quantitative estimate of drug-likeness (QED) is 0.842. The van der Waals surface area contributed by atoms with E-state index in [-0.39, 0.29) is 5.56 Å². The lowest BCUT2D eigenvalue weighted by Gasteiger charge is -2.09. The minimum Gasteiger partial charge on any atom is -0.478 e. The molecule has 1 fully saturated rings. The van der Waals surface area contributed by atoms with Crippen molar-refractivity contribution in [2.24, 2.45) is 5.92 Å². The fraction of sp³-hybridized carbons (Fsp3) is 0.462. The molecule has 1 aromatic rings. The van der Waals surface area contributed by atoms with Crippen LogP contribution in [0.3, 0.4) is 0 Å². The Labute approximate surface area is 106 Å². The van der Waals surface area contributed by atoms with E-state index in [0.29, 0.717) is 22.7 Å². The van der Waals surface area contributed by atoms with Gasteiger partial charge in [0, 0.05) is 11.1 Å². The standard InChI is InChI=1S/C13H16ClNO2/c1-2-3-8-6-11(8)15-12-7-9(14)4-5-10(12)13(16)17/h4-5,7-8,11,15H,2-3,6H2,1H3,(H,16,17). The fourth-order valence-corrected chi connectivity index (χ4v) is 2.31. The van der Waals surface area contributed by atoms with Crippen LogP contribution in [-0.4, -0.2) is 17.1 Å². The van der Waals surface area contributed by atoms with Gasteiger partial charge >= 0.3 is 5.97 Å². The summed E-state index contributed by atoms with van der Waals surface area (Å²) in [5.41, 5.74) is 0.921. The molecule has 3 nitrogen and oxygen atoms in total. The molecule has 1 saturated carbocycles. The SMILES string of the molecule is CCCC1CC1Nc1cc(Cl)ccc1C(=O)O. The molecule has 1 aliphatic rings. The van der Waals surface area contributed by atoms with E-state index in [1.54, 1.807) is 18.2 Å². The Morgan fingerprint density at radius 2 is 2.35 bits per heavy atom. The highest BCUT2D eigenvalue weighted by atomic mass is 35.5. The molecular formula is C13H16ClNO2. The van der Waals surface area contributed by atoms with E-state index in [1.165, 1.54) is 12.8 Å². The number of benzene rings is 1. The molecule has 0 aliphatic heterocycles. The smallest absolute Gasteiger partial charge is 0.337 e. The van der Waals surface area contributed by atoms with Crippen molar-refractivity contribution in [1.82, 2.24) is 0 Å². The molecule has 0 spiro atoms. The molecule has 17 heavy (non-hydrogen) atoms. The van der Waals surface area contributed by atoms with Gasteiger partial charge in [0.05, 0.1) is 11.3 Å². The van der Waals surface area contributed by atoms with Crippen LogP contribution in [0, 0.1) is 5.92 Å². The molecular weight excluding hydrogens is 238 g/mol. The Bertz CT molecular complexity index is 433. The van der Waals surface area contributed by atoms with E-state index in [9.17, 15) is 4.79 Å². The van der Waals surface area contributed by atoms with Crippen LogP contribution >= 0.6 is 11.6 Å². The lowest BCUT2D eigenvalue weighted by atomic mass is 10.1. The summed E-state index contributed by atoms with van der Waals surface area (Å²) in [6, 6.07) is 5.25. The number of halogens is 1. The molecule has 2 N–H and O–H groups in total. The van der Waals surface area contributed by atoms with Gasteiger partial charge in [-0.25, -0.2) is 4.79 Å². The maximum atomic E-state index is 11.1. The van der Waals surface area contributed by atoms with E-state index in [0.717, 1.165) is 6.42 Å². The summed E-state index contributed by atoms with van der Waals surface area (Å²) in [6.45, 7) is 2.16. The van der Waals surface area contributed by atoms with Gasteiger partial charge in [0.25, 0.3) is 0 Å². The summed E-state index contributed by atoms with van der Waals surface area (Å²) < 4.78 is 0. The third-order valence-corrected chi connectivity index (χ3v) is 3.37. The van der Waals surface area contributed by atoms with E-state index in [2.05, 4.69) is 12.2 Å². The van der Waals surface area contributed by atoms with E-state index >= 15 is 0 Å². The second-order valence-corrected chi connectivity index (χ2v) is 4.97. The van der Waals surface area contributed by atoms with Gasteiger partial charge in [-0.15, -0.1) is 0 Å². The summed E-state index contributed by atoms with van der Waals surface area (Å²) >= 11 is 5.89. The zero-order valence-corrected chi connectivity index (χ0v) is 10.5. The average molecular weight is 254 g/mol. The molecule has 4 heteroatoms. The van der Waals surface area contributed by atoms with Crippen molar-refractivity contribution in [1.29, 1.82) is 0 Å². The summed E-state index contributed by atoms with van der Waals surface area (Å²) in [4.78, 5) is 11.1. The van der Waals surface area contributed by atoms with Gasteiger partial charge in [0.1, 0.15) is 0 Å². The van der Waals surface area contributed by atoms with Crippen molar-refractivity contribution in [3.8, 4) is 0 Å². The summed E-state index contributed by atoms with van der Waals surface area (Å²) in [6.07, 6.45) is 3.49. The number of nitrogens with one attached hydrogen (secondary N) is 1. The van der Waals surface area contributed by atoms with Crippen molar-refractivity contribution in [2.75, 3.05) is 5.32 Å². The number of carboxylic acid groups (broad SMARTS) is 1. The lowest BCUT2D eigenvalue weighted by molar-refractivity contribution is 0.0698. The Morgan fingerprint density at radius 3 is 3.00 bits per heavy atom. The number of hydrogen-bond donors (Lipinski definition) is 2. The highest BCUT2D eigenvalue weighted by Gasteiger charge is 2.36. The minimum atomic E-state index is -0.920. The van der Waals surface area contributed by atoms with Crippen LogP contribution in [0.4, 0.5) is 5.69 Å². The fourth-order valence-electron chi connectivity index (χ4n) is 2.14. The van der Waals surface area contributed by atoms with Gasteiger partial charge < -0.3 is 10.4 Å². The molecule has 1 aromatic carbocycles. The van der Waals surface area contributed by atoms with Gasteiger partial charge in [-0.2, -0.15) is 0 Å². The normalized spacial score (nSPS) is 22.2. The first-order valence-corrected chi connectivity index (χ1v) is 6.29. The van der Waals surface area contributed by atoms with E-state index in [4.69, 9.17) is 16.7 Å². The number of hydrogen-bond acceptors (Lipinski definition) is 2. The first-order chi connectivity index (χ1) is 8.11. The molecule has 0 amide bonds. The van der Waals surface area contributed by atoms with E-state index < -0.39 is 5.97 Å². The van der Waals surface area contributed by atoms with E-state index in [1.807, 2.05) is 0 Å². The third-order valence-electron chi connectivity index (χ3n) is 3.13. The van der Waals surface area contributed by atoms with Crippen LogP contribution in [0.25, 0.3) is 0 Å². The van der Waals surface area contributed by atoms with Crippen molar-refractivity contribution in [3.05, 3.63) is 28.8 Å². The first-order valence-electron chi connectivity index (χ1n) is 5.91. The number of carboxylic acids is 1. The zero-order valence-electron chi connectivity index (χ0n) is 9.74. The molecule has 0 aromatic heterocycles. The summed E-state index contributed by atoms with van der Waals surface area (Å²) in [5.74, 6) is -0.238. The Kier molecular flexibility index (Phi) is 3.57. The predicted molar refractivity (Wildman–Crippen MR) is 68.8 cm³/mol. The van der Waals surface area contributed by atoms with Crippen LogP contribution in [-0.2, 0) is 0 Å². The van der Waals surface area contributed by atoms with Crippen LogP contribution in [0.2, 0.25) is 5.02 Å². The highest BCUT2D eigenvalue weighted by Crippen LogP contribution is 2.38. The number of anilines is 1. The van der Waals surface area contributed by atoms with Crippen molar-refractivity contribution < 1.29 is 9.90 Å². The van der Waals surface area contributed by atoms with Crippen molar-refractivity contribution in [2.45, 2.75) is 32.2 Å². The van der Waals surface area contributed by atoms with Crippen LogP contribution < -0.4 is 5.32 Å². The Morgan fingerprint density at radius 1 is 1.59 bits per heavy atom. The van der Waals surface area contributed by atoms with Crippen LogP contribution in [0.5, 0.6) is 0 Å². The maximum Gasteiger partial charge on any atom is 0.337 e. The van der Waals surface area contributed by atoms with Gasteiger partial charge in [-0.1, -0.05) is 24.9 Å².